The van der Waals surface area contributed by atoms with Gasteiger partial charge in [-0.3, -0.25) is 4.90 Å². The van der Waals surface area contributed by atoms with Crippen molar-refractivity contribution in [3.63, 3.8) is 0 Å². The Morgan fingerprint density at radius 3 is 2.54 bits per heavy atom. The Morgan fingerprint density at radius 2 is 1.93 bits per heavy atom. The minimum absolute atomic E-state index is 0.672. The summed E-state index contributed by atoms with van der Waals surface area (Å²) in [5.41, 5.74) is 2.23. The van der Waals surface area contributed by atoms with Crippen molar-refractivity contribution in [3.05, 3.63) is 53.2 Å². The van der Waals surface area contributed by atoms with E-state index < -0.39 is 0 Å². The van der Waals surface area contributed by atoms with Crippen LogP contribution in [0.5, 0.6) is 0 Å². The Kier molecular flexibility index (Phi) is 7.09. The SMILES string of the molecule is Cc1nc(CN2CCC(CNC(=NCc3ccccc3)N(C)C)CC2)oc1C. The molecule has 0 unspecified atom stereocenters. The van der Waals surface area contributed by atoms with Crippen molar-refractivity contribution >= 4 is 5.96 Å². The van der Waals surface area contributed by atoms with Crippen molar-refractivity contribution < 1.29 is 4.42 Å². The highest BCUT2D eigenvalue weighted by Crippen LogP contribution is 2.19. The van der Waals surface area contributed by atoms with Crippen LogP contribution in [0.3, 0.4) is 0 Å². The van der Waals surface area contributed by atoms with E-state index in [-0.39, 0.29) is 0 Å². The summed E-state index contributed by atoms with van der Waals surface area (Å²) in [6, 6.07) is 10.4. The van der Waals surface area contributed by atoms with Crippen LogP contribution in [0.15, 0.2) is 39.7 Å². The van der Waals surface area contributed by atoms with Crippen molar-refractivity contribution in [2.75, 3.05) is 33.7 Å². The molecule has 1 saturated heterocycles. The standard InChI is InChI=1S/C22H33N5O/c1-17-18(2)28-21(25-17)16-27-12-10-20(11-13-27)15-24-22(26(3)4)23-14-19-8-6-5-7-9-19/h5-9,20H,10-16H2,1-4H3,(H,23,24). The second-order valence-electron chi connectivity index (χ2n) is 7.87. The van der Waals surface area contributed by atoms with Crippen LogP contribution in [0.1, 0.15) is 35.7 Å². The molecule has 1 aromatic heterocycles. The molecule has 3 rings (SSSR count). The van der Waals surface area contributed by atoms with Crippen LogP contribution in [-0.2, 0) is 13.1 Å². The number of benzene rings is 1. The lowest BCUT2D eigenvalue weighted by molar-refractivity contribution is 0.164. The molecule has 0 atom stereocenters. The highest BCUT2D eigenvalue weighted by molar-refractivity contribution is 5.79. The zero-order valence-corrected chi connectivity index (χ0v) is 17.6. The van der Waals surface area contributed by atoms with Gasteiger partial charge in [0, 0.05) is 20.6 Å². The maximum atomic E-state index is 5.73. The molecule has 0 saturated carbocycles. The maximum Gasteiger partial charge on any atom is 0.208 e. The number of hydrogen-bond donors (Lipinski definition) is 1. The highest BCUT2D eigenvalue weighted by Gasteiger charge is 2.21. The van der Waals surface area contributed by atoms with E-state index in [1.165, 1.54) is 18.4 Å². The first kappa shape index (κ1) is 20.4. The van der Waals surface area contributed by atoms with Crippen molar-refractivity contribution in [1.82, 2.24) is 20.1 Å². The molecule has 1 aliphatic heterocycles. The molecule has 1 aromatic carbocycles. The molecule has 28 heavy (non-hydrogen) atoms. The summed E-state index contributed by atoms with van der Waals surface area (Å²) in [6.45, 7) is 8.64. The van der Waals surface area contributed by atoms with Crippen LogP contribution in [0.4, 0.5) is 0 Å². The number of hydrogen-bond acceptors (Lipinski definition) is 4. The largest absolute Gasteiger partial charge is 0.444 e. The Bertz CT molecular complexity index is 741. The third-order valence-corrected chi connectivity index (χ3v) is 5.37. The molecule has 6 heteroatoms. The predicted octanol–water partition coefficient (Wildman–Crippen LogP) is 3.21. The molecule has 6 nitrogen and oxygen atoms in total. The van der Waals surface area contributed by atoms with Gasteiger partial charge < -0.3 is 14.6 Å². The number of oxazole rings is 1. The Hall–Kier alpha value is -2.34. The molecule has 1 aliphatic rings. The van der Waals surface area contributed by atoms with Crippen molar-refractivity contribution in [2.45, 2.75) is 39.8 Å². The zero-order valence-electron chi connectivity index (χ0n) is 17.6. The third kappa shape index (κ3) is 5.83. The number of aliphatic imine (C=N–C) groups is 1. The number of guanidine groups is 1. The van der Waals surface area contributed by atoms with E-state index in [1.807, 2.05) is 34.0 Å². The molecule has 0 amide bonds. The summed E-state index contributed by atoms with van der Waals surface area (Å²) in [5, 5.41) is 3.56. The van der Waals surface area contributed by atoms with Gasteiger partial charge in [0.15, 0.2) is 5.96 Å². The van der Waals surface area contributed by atoms with E-state index in [0.717, 1.165) is 49.5 Å². The molecule has 1 N–H and O–H groups in total. The van der Waals surface area contributed by atoms with Gasteiger partial charge in [0.25, 0.3) is 0 Å². The fourth-order valence-corrected chi connectivity index (χ4v) is 3.49. The molecular formula is C22H33N5O. The number of nitrogens with zero attached hydrogens (tertiary/aromatic N) is 4. The van der Waals surface area contributed by atoms with Gasteiger partial charge in [-0.25, -0.2) is 9.98 Å². The van der Waals surface area contributed by atoms with Crippen LogP contribution < -0.4 is 5.32 Å². The Morgan fingerprint density at radius 1 is 1.21 bits per heavy atom. The fraction of sp³-hybridized carbons (Fsp3) is 0.545. The first-order valence-corrected chi connectivity index (χ1v) is 10.2. The Balaban J connectivity index is 1.44. The average Bonchev–Trinajstić information content (AvgIpc) is 3.00. The summed E-state index contributed by atoms with van der Waals surface area (Å²) >= 11 is 0. The van der Waals surface area contributed by atoms with E-state index >= 15 is 0 Å². The lowest BCUT2D eigenvalue weighted by Gasteiger charge is -2.31. The van der Waals surface area contributed by atoms with Crippen molar-refractivity contribution in [1.29, 1.82) is 0 Å². The number of aromatic nitrogens is 1. The number of rotatable bonds is 6. The zero-order chi connectivity index (χ0) is 19.9. The molecular weight excluding hydrogens is 350 g/mol. The minimum Gasteiger partial charge on any atom is -0.444 e. The van der Waals surface area contributed by atoms with Gasteiger partial charge in [-0.2, -0.15) is 0 Å². The quantitative estimate of drug-likeness (QED) is 0.613. The monoisotopic (exact) mass is 383 g/mol. The van der Waals surface area contributed by atoms with Crippen LogP contribution in [0.25, 0.3) is 0 Å². The van der Waals surface area contributed by atoms with Gasteiger partial charge in [0.2, 0.25) is 5.89 Å². The fourth-order valence-electron chi connectivity index (χ4n) is 3.49. The molecule has 152 valence electrons. The van der Waals surface area contributed by atoms with Crippen LogP contribution in [0, 0.1) is 19.8 Å². The normalized spacial score (nSPS) is 16.4. The lowest BCUT2D eigenvalue weighted by atomic mass is 9.97. The van der Waals surface area contributed by atoms with Crippen LogP contribution >= 0.6 is 0 Å². The van der Waals surface area contributed by atoms with Gasteiger partial charge in [-0.05, 0) is 51.3 Å². The number of likely N-dealkylation sites (tertiary alicyclic amines) is 1. The smallest absolute Gasteiger partial charge is 0.208 e. The second kappa shape index (κ2) is 9.73. The third-order valence-electron chi connectivity index (χ3n) is 5.37. The summed E-state index contributed by atoms with van der Waals surface area (Å²) in [4.78, 5) is 13.8. The molecule has 0 aliphatic carbocycles. The van der Waals surface area contributed by atoms with Crippen LogP contribution in [-0.4, -0.2) is 54.5 Å². The molecule has 0 radical (unpaired) electrons. The van der Waals surface area contributed by atoms with Crippen LogP contribution in [0.2, 0.25) is 0 Å². The molecule has 2 heterocycles. The number of piperidine rings is 1. The van der Waals surface area contributed by atoms with E-state index in [4.69, 9.17) is 9.41 Å². The maximum absolute atomic E-state index is 5.73. The van der Waals surface area contributed by atoms with Gasteiger partial charge in [0.05, 0.1) is 18.8 Å². The van der Waals surface area contributed by atoms with Gasteiger partial charge >= 0.3 is 0 Å². The number of aryl methyl sites for hydroxylation is 2. The summed E-state index contributed by atoms with van der Waals surface area (Å²) in [6.07, 6.45) is 2.37. The number of nitrogens with one attached hydrogen (secondary N) is 1. The van der Waals surface area contributed by atoms with E-state index in [9.17, 15) is 0 Å². The lowest BCUT2D eigenvalue weighted by Crippen LogP contribution is -2.42. The highest BCUT2D eigenvalue weighted by atomic mass is 16.4. The van der Waals surface area contributed by atoms with Crippen molar-refractivity contribution in [3.8, 4) is 0 Å². The van der Waals surface area contributed by atoms with Gasteiger partial charge in [-0.1, -0.05) is 30.3 Å². The average molecular weight is 384 g/mol. The predicted molar refractivity (Wildman–Crippen MR) is 113 cm³/mol. The summed E-state index contributed by atoms with van der Waals surface area (Å²) < 4.78 is 5.73. The van der Waals surface area contributed by atoms with Crippen molar-refractivity contribution in [2.24, 2.45) is 10.9 Å². The van der Waals surface area contributed by atoms with Gasteiger partial charge in [-0.15, -0.1) is 0 Å². The first-order valence-electron chi connectivity index (χ1n) is 10.2. The molecule has 1 fully saturated rings. The second-order valence-corrected chi connectivity index (χ2v) is 7.87. The Labute approximate surface area is 168 Å². The topological polar surface area (TPSA) is 56.9 Å². The first-order chi connectivity index (χ1) is 13.5. The van der Waals surface area contributed by atoms with E-state index in [0.29, 0.717) is 12.5 Å². The molecule has 0 bridgehead atoms. The van der Waals surface area contributed by atoms with E-state index in [2.05, 4.69) is 44.4 Å². The summed E-state index contributed by atoms with van der Waals surface area (Å²) in [5.74, 6) is 3.40. The van der Waals surface area contributed by atoms with Gasteiger partial charge in [0.1, 0.15) is 5.76 Å². The molecule has 2 aromatic rings. The minimum atomic E-state index is 0.672. The van der Waals surface area contributed by atoms with E-state index in [1.54, 1.807) is 0 Å². The molecule has 0 spiro atoms. The summed E-state index contributed by atoms with van der Waals surface area (Å²) in [7, 11) is 4.08.